The summed E-state index contributed by atoms with van der Waals surface area (Å²) in [5.74, 6) is 2.51. The van der Waals surface area contributed by atoms with Crippen molar-refractivity contribution in [1.82, 2.24) is 14.6 Å². The van der Waals surface area contributed by atoms with E-state index in [1.165, 1.54) is 15.9 Å². The first kappa shape index (κ1) is 20.6. The minimum atomic E-state index is -0.211. The highest BCUT2D eigenvalue weighted by atomic mass is 32.1. The van der Waals surface area contributed by atoms with Crippen LogP contribution in [0.25, 0.3) is 22.4 Å². The van der Waals surface area contributed by atoms with Gasteiger partial charge in [0.2, 0.25) is 4.96 Å². The van der Waals surface area contributed by atoms with Crippen molar-refractivity contribution in [2.24, 2.45) is 0 Å². The zero-order valence-corrected chi connectivity index (χ0v) is 18.0. The molecule has 2 aromatic heterocycles. The normalized spacial score (nSPS) is 11.6. The molecule has 8 heteroatoms. The van der Waals surface area contributed by atoms with E-state index in [-0.39, 0.29) is 5.56 Å². The van der Waals surface area contributed by atoms with Crippen molar-refractivity contribution >= 4 is 22.4 Å². The third-order valence-corrected chi connectivity index (χ3v) is 5.41. The Morgan fingerprint density at radius 2 is 1.94 bits per heavy atom. The second-order valence-corrected chi connectivity index (χ2v) is 7.52. The van der Waals surface area contributed by atoms with Crippen LogP contribution >= 0.6 is 11.3 Å². The van der Waals surface area contributed by atoms with Gasteiger partial charge in [0.05, 0.1) is 18.2 Å². The van der Waals surface area contributed by atoms with E-state index in [2.05, 4.69) is 16.7 Å². The van der Waals surface area contributed by atoms with Gasteiger partial charge in [0.1, 0.15) is 12.4 Å². The molecular weight excluding hydrogens is 414 g/mol. The maximum absolute atomic E-state index is 12.8. The SMILES string of the molecule is C=CCOc1ccc(-c2nc3sc(=Cc4ccc(OCC)c(OC)c4)c(=O)n3n2)cc1. The van der Waals surface area contributed by atoms with Crippen molar-refractivity contribution in [2.45, 2.75) is 6.92 Å². The molecule has 0 saturated carbocycles. The quantitative estimate of drug-likeness (QED) is 0.395. The first-order chi connectivity index (χ1) is 15.1. The number of benzene rings is 2. The van der Waals surface area contributed by atoms with Gasteiger partial charge in [-0.25, -0.2) is 0 Å². The molecule has 158 valence electrons. The highest BCUT2D eigenvalue weighted by Crippen LogP contribution is 2.28. The van der Waals surface area contributed by atoms with Gasteiger partial charge >= 0.3 is 0 Å². The third kappa shape index (κ3) is 4.29. The maximum atomic E-state index is 12.8. The summed E-state index contributed by atoms with van der Waals surface area (Å²) in [5, 5.41) is 4.39. The summed E-state index contributed by atoms with van der Waals surface area (Å²) in [6.07, 6.45) is 3.49. The zero-order valence-electron chi connectivity index (χ0n) is 17.2. The van der Waals surface area contributed by atoms with Crippen LogP contribution < -0.4 is 24.3 Å². The molecule has 0 aliphatic carbocycles. The van der Waals surface area contributed by atoms with Crippen LogP contribution in [0.3, 0.4) is 0 Å². The fraction of sp³-hybridized carbons (Fsp3) is 0.174. The van der Waals surface area contributed by atoms with Crippen molar-refractivity contribution < 1.29 is 14.2 Å². The van der Waals surface area contributed by atoms with Crippen LogP contribution in [-0.4, -0.2) is 34.9 Å². The standard InChI is InChI=1S/C23H21N3O4S/c1-4-12-30-17-9-7-16(8-10-17)21-24-23-26(25-21)22(27)20(31-23)14-15-6-11-18(29-5-2)19(13-15)28-3/h4,6-11,13-14H,1,5,12H2,2-3H3. The Labute approximate surface area is 182 Å². The molecule has 0 N–H and O–H groups in total. The summed E-state index contributed by atoms with van der Waals surface area (Å²) >= 11 is 1.29. The fourth-order valence-electron chi connectivity index (χ4n) is 3.01. The largest absolute Gasteiger partial charge is 0.493 e. The van der Waals surface area contributed by atoms with Crippen molar-refractivity contribution in [3.63, 3.8) is 0 Å². The van der Waals surface area contributed by atoms with Gasteiger partial charge in [-0.2, -0.15) is 9.50 Å². The van der Waals surface area contributed by atoms with Gasteiger partial charge in [-0.05, 0) is 55.0 Å². The monoisotopic (exact) mass is 435 g/mol. The number of hydrogen-bond acceptors (Lipinski definition) is 7. The fourth-order valence-corrected chi connectivity index (χ4v) is 3.92. The molecular formula is C23H21N3O4S. The highest BCUT2D eigenvalue weighted by Gasteiger charge is 2.12. The minimum Gasteiger partial charge on any atom is -0.493 e. The Balaban J connectivity index is 1.65. The number of fused-ring (bicyclic) bond motifs is 1. The average Bonchev–Trinajstić information content (AvgIpc) is 3.33. The van der Waals surface area contributed by atoms with E-state index >= 15 is 0 Å². The number of aromatic nitrogens is 3. The summed E-state index contributed by atoms with van der Waals surface area (Å²) in [5.41, 5.74) is 1.43. The van der Waals surface area contributed by atoms with Gasteiger partial charge in [-0.15, -0.1) is 5.10 Å². The van der Waals surface area contributed by atoms with Gasteiger partial charge in [0.15, 0.2) is 17.3 Å². The van der Waals surface area contributed by atoms with Gasteiger partial charge in [0.25, 0.3) is 5.56 Å². The van der Waals surface area contributed by atoms with E-state index in [1.807, 2.05) is 49.4 Å². The van der Waals surface area contributed by atoms with Crippen molar-refractivity contribution in [3.05, 3.63) is 75.6 Å². The van der Waals surface area contributed by atoms with E-state index in [1.54, 1.807) is 19.3 Å². The predicted molar refractivity (Wildman–Crippen MR) is 121 cm³/mol. The predicted octanol–water partition coefficient (Wildman–Crippen LogP) is 3.34. The van der Waals surface area contributed by atoms with Crippen LogP contribution in [0, 0.1) is 0 Å². The number of thiazole rings is 1. The van der Waals surface area contributed by atoms with Crippen LogP contribution in [0.5, 0.6) is 17.2 Å². The minimum absolute atomic E-state index is 0.211. The Hall–Kier alpha value is -3.65. The Kier molecular flexibility index (Phi) is 5.99. The molecule has 0 unspecified atom stereocenters. The molecule has 0 spiro atoms. The molecule has 0 fully saturated rings. The van der Waals surface area contributed by atoms with Gasteiger partial charge in [-0.1, -0.05) is 30.1 Å². The second-order valence-electron chi connectivity index (χ2n) is 6.51. The average molecular weight is 436 g/mol. The van der Waals surface area contributed by atoms with Crippen molar-refractivity contribution in [3.8, 4) is 28.6 Å². The Bertz CT molecular complexity index is 1330. The molecule has 0 saturated heterocycles. The molecule has 0 aliphatic rings. The maximum Gasteiger partial charge on any atom is 0.291 e. The molecule has 7 nitrogen and oxygen atoms in total. The first-order valence-corrected chi connectivity index (χ1v) is 10.5. The number of ether oxygens (including phenoxy) is 3. The molecule has 4 rings (SSSR count). The molecule has 4 aromatic rings. The summed E-state index contributed by atoms with van der Waals surface area (Å²) in [6, 6.07) is 12.9. The Morgan fingerprint density at radius 1 is 1.13 bits per heavy atom. The van der Waals surface area contributed by atoms with E-state index in [9.17, 15) is 4.79 Å². The van der Waals surface area contributed by atoms with E-state index < -0.39 is 0 Å². The molecule has 31 heavy (non-hydrogen) atoms. The van der Waals surface area contributed by atoms with Gasteiger partial charge < -0.3 is 14.2 Å². The molecule has 0 amide bonds. The smallest absolute Gasteiger partial charge is 0.291 e. The number of nitrogens with zero attached hydrogens (tertiary/aromatic N) is 3. The molecule has 0 radical (unpaired) electrons. The molecule has 2 heterocycles. The molecule has 0 atom stereocenters. The van der Waals surface area contributed by atoms with Crippen molar-refractivity contribution in [1.29, 1.82) is 0 Å². The number of hydrogen-bond donors (Lipinski definition) is 0. The first-order valence-electron chi connectivity index (χ1n) is 9.69. The topological polar surface area (TPSA) is 75.0 Å². The number of methoxy groups -OCH3 is 1. The number of rotatable bonds is 8. The van der Waals surface area contributed by atoms with Crippen LogP contribution in [0.1, 0.15) is 12.5 Å². The van der Waals surface area contributed by atoms with E-state index in [4.69, 9.17) is 14.2 Å². The molecule has 0 bridgehead atoms. The molecule has 2 aromatic carbocycles. The van der Waals surface area contributed by atoms with E-state index in [0.29, 0.717) is 40.0 Å². The van der Waals surface area contributed by atoms with Gasteiger partial charge in [0, 0.05) is 5.56 Å². The summed E-state index contributed by atoms with van der Waals surface area (Å²) in [4.78, 5) is 17.9. The van der Waals surface area contributed by atoms with Crippen LogP contribution in [-0.2, 0) is 0 Å². The summed E-state index contributed by atoms with van der Waals surface area (Å²) < 4.78 is 18.3. The van der Waals surface area contributed by atoms with E-state index in [0.717, 1.165) is 16.9 Å². The molecule has 0 aliphatic heterocycles. The highest BCUT2D eigenvalue weighted by molar-refractivity contribution is 7.15. The van der Waals surface area contributed by atoms with Crippen LogP contribution in [0.2, 0.25) is 0 Å². The Morgan fingerprint density at radius 3 is 2.61 bits per heavy atom. The summed E-state index contributed by atoms with van der Waals surface area (Å²) in [7, 11) is 1.59. The zero-order chi connectivity index (χ0) is 21.8. The second kappa shape index (κ2) is 9.01. The van der Waals surface area contributed by atoms with Gasteiger partial charge in [-0.3, -0.25) is 4.79 Å². The lowest BCUT2D eigenvalue weighted by molar-refractivity contribution is 0.311. The summed E-state index contributed by atoms with van der Waals surface area (Å²) in [6.45, 7) is 6.53. The lowest BCUT2D eigenvalue weighted by Crippen LogP contribution is -2.23. The van der Waals surface area contributed by atoms with Crippen LogP contribution in [0.15, 0.2) is 59.9 Å². The lowest BCUT2D eigenvalue weighted by atomic mass is 10.2. The van der Waals surface area contributed by atoms with Crippen LogP contribution in [0.4, 0.5) is 0 Å². The third-order valence-electron chi connectivity index (χ3n) is 4.45. The van der Waals surface area contributed by atoms with Crippen molar-refractivity contribution in [2.75, 3.05) is 20.3 Å². The lowest BCUT2D eigenvalue weighted by Gasteiger charge is -2.09.